The number of pyridine rings is 2. The van der Waals surface area contributed by atoms with Crippen molar-refractivity contribution in [1.82, 2.24) is 25.3 Å². The molecule has 0 unspecified atom stereocenters. The number of nitrogens with one attached hydrogen (secondary N) is 2. The topological polar surface area (TPSA) is 102 Å². The molecule has 1 fully saturated rings. The van der Waals surface area contributed by atoms with E-state index < -0.39 is 5.82 Å². The third-order valence-electron chi connectivity index (χ3n) is 4.86. The minimum Gasteiger partial charge on any atom is -0.471 e. The average Bonchev–Trinajstić information content (AvgIpc) is 2.76. The first-order chi connectivity index (χ1) is 15.1. The highest BCUT2D eigenvalue weighted by Gasteiger charge is 2.19. The van der Waals surface area contributed by atoms with Gasteiger partial charge in [0.25, 0.3) is 5.91 Å². The molecule has 1 aliphatic rings. The lowest BCUT2D eigenvalue weighted by Gasteiger charge is -2.27. The number of benzene rings is 1. The molecule has 1 aromatic carbocycles. The van der Waals surface area contributed by atoms with Gasteiger partial charge in [-0.15, -0.1) is 0 Å². The van der Waals surface area contributed by atoms with Gasteiger partial charge in [0.1, 0.15) is 23.4 Å². The van der Waals surface area contributed by atoms with Gasteiger partial charge in [-0.05, 0) is 41.8 Å². The van der Waals surface area contributed by atoms with Crippen LogP contribution in [0.5, 0.6) is 5.88 Å². The Bertz CT molecular complexity index is 1260. The molecule has 0 saturated carbocycles. The third-order valence-corrected chi connectivity index (χ3v) is 4.86. The van der Waals surface area contributed by atoms with E-state index >= 15 is 0 Å². The molecule has 3 aromatic heterocycles. The molecule has 2 N–H and O–H groups in total. The summed E-state index contributed by atoms with van der Waals surface area (Å²) in [5.74, 6) is 0.0529. The molecule has 4 aromatic rings. The number of rotatable bonds is 5. The molecule has 31 heavy (non-hydrogen) atoms. The zero-order chi connectivity index (χ0) is 21.2. The number of carbonyl (C=O) groups excluding carboxylic acids is 1. The smallest absolute Gasteiger partial charge is 0.256 e. The van der Waals surface area contributed by atoms with Crippen LogP contribution in [-0.4, -0.2) is 45.0 Å². The van der Waals surface area contributed by atoms with Gasteiger partial charge in [0.15, 0.2) is 0 Å². The number of ether oxygens (including phenoxy) is 1. The summed E-state index contributed by atoms with van der Waals surface area (Å²) in [6.07, 6.45) is 6.62. The van der Waals surface area contributed by atoms with Gasteiger partial charge >= 0.3 is 0 Å². The SMILES string of the molecule is O=C(Nc1cc2cc(-c3cncc(OC4CNC4)n3)ncc2cn1)c1ccc(F)cc1. The zero-order valence-corrected chi connectivity index (χ0v) is 16.2. The van der Waals surface area contributed by atoms with E-state index in [2.05, 4.69) is 30.6 Å². The van der Waals surface area contributed by atoms with Crippen molar-refractivity contribution >= 4 is 22.5 Å². The summed E-state index contributed by atoms with van der Waals surface area (Å²) in [6.45, 7) is 1.58. The number of nitrogens with zero attached hydrogens (tertiary/aromatic N) is 4. The second kappa shape index (κ2) is 8.04. The van der Waals surface area contributed by atoms with Gasteiger partial charge in [-0.3, -0.25) is 14.8 Å². The normalized spacial score (nSPS) is 13.6. The highest BCUT2D eigenvalue weighted by molar-refractivity contribution is 6.04. The highest BCUT2D eigenvalue weighted by Crippen LogP contribution is 2.23. The number of fused-ring (bicyclic) bond motifs is 1. The summed E-state index contributed by atoms with van der Waals surface area (Å²) in [5.41, 5.74) is 1.55. The van der Waals surface area contributed by atoms with Crippen LogP contribution < -0.4 is 15.4 Å². The van der Waals surface area contributed by atoms with Gasteiger partial charge < -0.3 is 15.4 Å². The van der Waals surface area contributed by atoms with E-state index in [1.807, 2.05) is 6.07 Å². The minimum atomic E-state index is -0.401. The van der Waals surface area contributed by atoms with Gasteiger partial charge in [-0.25, -0.2) is 14.4 Å². The number of halogens is 1. The van der Waals surface area contributed by atoms with E-state index in [1.54, 1.807) is 30.9 Å². The lowest BCUT2D eigenvalue weighted by atomic mass is 10.1. The molecule has 8 nitrogen and oxygen atoms in total. The van der Waals surface area contributed by atoms with Gasteiger partial charge in [-0.1, -0.05) is 0 Å². The predicted molar refractivity (Wildman–Crippen MR) is 112 cm³/mol. The number of carbonyl (C=O) groups is 1. The molecular weight excluding hydrogens is 399 g/mol. The van der Waals surface area contributed by atoms with Crippen LogP contribution in [0.2, 0.25) is 0 Å². The maximum atomic E-state index is 13.1. The summed E-state index contributed by atoms with van der Waals surface area (Å²) in [6, 6.07) is 8.91. The van der Waals surface area contributed by atoms with Crippen LogP contribution in [0.15, 0.2) is 61.2 Å². The van der Waals surface area contributed by atoms with Crippen LogP contribution in [0.4, 0.5) is 10.2 Å². The van der Waals surface area contributed by atoms with Crippen LogP contribution in [0.3, 0.4) is 0 Å². The van der Waals surface area contributed by atoms with Crippen LogP contribution in [-0.2, 0) is 0 Å². The number of hydrogen-bond donors (Lipinski definition) is 2. The van der Waals surface area contributed by atoms with E-state index in [0.717, 1.165) is 23.9 Å². The highest BCUT2D eigenvalue weighted by atomic mass is 19.1. The molecule has 0 bridgehead atoms. The second-order valence-corrected chi connectivity index (χ2v) is 7.09. The lowest BCUT2D eigenvalue weighted by Crippen LogP contribution is -2.50. The molecule has 0 aliphatic carbocycles. The van der Waals surface area contributed by atoms with E-state index in [4.69, 9.17) is 4.74 Å². The van der Waals surface area contributed by atoms with E-state index in [0.29, 0.717) is 28.6 Å². The fraction of sp³-hybridized carbons (Fsp3) is 0.136. The van der Waals surface area contributed by atoms with Crippen molar-refractivity contribution in [2.75, 3.05) is 18.4 Å². The molecule has 1 aliphatic heterocycles. The van der Waals surface area contributed by atoms with Crippen molar-refractivity contribution in [1.29, 1.82) is 0 Å². The minimum absolute atomic E-state index is 0.104. The first kappa shape index (κ1) is 19.0. The Balaban J connectivity index is 1.39. The number of aromatic nitrogens is 4. The molecule has 9 heteroatoms. The van der Waals surface area contributed by atoms with E-state index in [9.17, 15) is 9.18 Å². The molecule has 1 saturated heterocycles. The van der Waals surface area contributed by atoms with Crippen molar-refractivity contribution in [3.63, 3.8) is 0 Å². The van der Waals surface area contributed by atoms with E-state index in [-0.39, 0.29) is 12.0 Å². The van der Waals surface area contributed by atoms with Crippen molar-refractivity contribution in [2.45, 2.75) is 6.10 Å². The van der Waals surface area contributed by atoms with Gasteiger partial charge in [0.05, 0.1) is 18.1 Å². The van der Waals surface area contributed by atoms with Gasteiger partial charge in [-0.2, -0.15) is 0 Å². The number of hydrogen-bond acceptors (Lipinski definition) is 7. The molecule has 0 atom stereocenters. The molecule has 4 heterocycles. The molecule has 5 rings (SSSR count). The number of amides is 1. The molecule has 154 valence electrons. The first-order valence-electron chi connectivity index (χ1n) is 9.66. The Kier molecular flexibility index (Phi) is 4.93. The van der Waals surface area contributed by atoms with Crippen LogP contribution in [0.1, 0.15) is 10.4 Å². The zero-order valence-electron chi connectivity index (χ0n) is 16.2. The Morgan fingerprint density at radius 1 is 1.00 bits per heavy atom. The van der Waals surface area contributed by atoms with Crippen molar-refractivity contribution in [3.8, 4) is 17.3 Å². The Hall–Kier alpha value is -3.98. The average molecular weight is 416 g/mol. The summed E-state index contributed by atoms with van der Waals surface area (Å²) in [5, 5.41) is 7.50. The molecular formula is C22H17FN6O2. The van der Waals surface area contributed by atoms with Gasteiger partial charge in [0, 0.05) is 36.4 Å². The lowest BCUT2D eigenvalue weighted by molar-refractivity contribution is 0.102. The van der Waals surface area contributed by atoms with Crippen LogP contribution in [0, 0.1) is 5.82 Å². The van der Waals surface area contributed by atoms with Gasteiger partial charge in [0.2, 0.25) is 5.88 Å². The van der Waals surface area contributed by atoms with Crippen molar-refractivity contribution < 1.29 is 13.9 Å². The van der Waals surface area contributed by atoms with Crippen molar-refractivity contribution in [2.24, 2.45) is 0 Å². The quantitative estimate of drug-likeness (QED) is 0.516. The summed E-state index contributed by atoms with van der Waals surface area (Å²) < 4.78 is 18.8. The summed E-state index contributed by atoms with van der Waals surface area (Å²) in [4.78, 5) is 29.8. The summed E-state index contributed by atoms with van der Waals surface area (Å²) in [7, 11) is 0. The van der Waals surface area contributed by atoms with Crippen LogP contribution in [0.25, 0.3) is 22.2 Å². The fourth-order valence-corrected chi connectivity index (χ4v) is 3.08. The molecule has 0 spiro atoms. The Labute approximate surface area is 176 Å². The number of anilines is 1. The van der Waals surface area contributed by atoms with Crippen molar-refractivity contribution in [3.05, 3.63) is 72.6 Å². The first-order valence-corrected chi connectivity index (χ1v) is 9.66. The Morgan fingerprint density at radius 3 is 2.58 bits per heavy atom. The summed E-state index contributed by atoms with van der Waals surface area (Å²) >= 11 is 0. The maximum absolute atomic E-state index is 13.1. The monoisotopic (exact) mass is 416 g/mol. The Morgan fingerprint density at radius 2 is 1.81 bits per heavy atom. The maximum Gasteiger partial charge on any atom is 0.256 e. The largest absolute Gasteiger partial charge is 0.471 e. The standard InChI is InChI=1S/C22H17FN6O2/c23-16-3-1-13(2-4-16)22(30)29-20-6-14-5-18(26-7-15(14)8-27-20)19-11-25-12-21(28-19)31-17-9-24-10-17/h1-8,11-12,17,24H,9-10H2,(H,27,29,30). The predicted octanol–water partition coefficient (Wildman–Crippen LogP) is 2.83. The van der Waals surface area contributed by atoms with Crippen LogP contribution >= 0.6 is 0 Å². The third kappa shape index (κ3) is 4.17. The molecule has 0 radical (unpaired) electrons. The second-order valence-electron chi connectivity index (χ2n) is 7.09. The fourth-order valence-electron chi connectivity index (χ4n) is 3.08. The van der Waals surface area contributed by atoms with E-state index in [1.165, 1.54) is 24.3 Å². The molecule has 1 amide bonds.